The maximum absolute atomic E-state index is 6.14. The fourth-order valence-corrected chi connectivity index (χ4v) is 3.10. The third kappa shape index (κ3) is 3.68. The van der Waals surface area contributed by atoms with Gasteiger partial charge in [-0.1, -0.05) is 42.5 Å². The summed E-state index contributed by atoms with van der Waals surface area (Å²) < 4.78 is 18.3. The molecule has 0 unspecified atom stereocenters. The van der Waals surface area contributed by atoms with Gasteiger partial charge >= 0.3 is 7.12 Å². The zero-order chi connectivity index (χ0) is 19.8. The molecule has 0 atom stereocenters. The number of benzene rings is 2. The van der Waals surface area contributed by atoms with Crippen molar-refractivity contribution in [3.05, 3.63) is 72.9 Å². The SMILES string of the molecule is CC1(C)OB(c2cccc(Oc3cc(-c4ccccc4)ccn3)c2)OC1(C)C. The first-order valence-electron chi connectivity index (χ1n) is 9.49. The van der Waals surface area contributed by atoms with E-state index in [1.807, 2.05) is 82.3 Å². The molecule has 2 heterocycles. The summed E-state index contributed by atoms with van der Waals surface area (Å²) in [6, 6.07) is 21.9. The normalized spacial score (nSPS) is 17.5. The Balaban J connectivity index is 1.55. The second-order valence-electron chi connectivity index (χ2n) is 8.01. The van der Waals surface area contributed by atoms with E-state index in [1.165, 1.54) is 0 Å². The molecular formula is C23H24BNO3. The summed E-state index contributed by atoms with van der Waals surface area (Å²) in [5, 5.41) is 0. The van der Waals surface area contributed by atoms with Crippen LogP contribution in [0.3, 0.4) is 0 Å². The zero-order valence-electron chi connectivity index (χ0n) is 16.7. The Morgan fingerprint density at radius 2 is 1.50 bits per heavy atom. The number of aromatic nitrogens is 1. The Morgan fingerprint density at radius 1 is 0.786 bits per heavy atom. The van der Waals surface area contributed by atoms with Gasteiger partial charge in [-0.3, -0.25) is 0 Å². The van der Waals surface area contributed by atoms with Crippen LogP contribution in [0.4, 0.5) is 0 Å². The molecule has 3 aromatic rings. The molecule has 4 rings (SSSR count). The van der Waals surface area contributed by atoms with Gasteiger partial charge in [0, 0.05) is 12.3 Å². The fourth-order valence-electron chi connectivity index (χ4n) is 3.10. The molecule has 28 heavy (non-hydrogen) atoms. The number of hydrogen-bond donors (Lipinski definition) is 0. The van der Waals surface area contributed by atoms with E-state index in [1.54, 1.807) is 6.20 Å². The first-order chi connectivity index (χ1) is 13.3. The minimum absolute atomic E-state index is 0.375. The molecule has 0 radical (unpaired) electrons. The Bertz CT molecular complexity index is 956. The van der Waals surface area contributed by atoms with E-state index in [4.69, 9.17) is 14.0 Å². The van der Waals surface area contributed by atoms with Crippen LogP contribution in [0.1, 0.15) is 27.7 Å². The van der Waals surface area contributed by atoms with Crippen LogP contribution in [0.5, 0.6) is 11.6 Å². The van der Waals surface area contributed by atoms with Crippen LogP contribution in [0, 0.1) is 0 Å². The highest BCUT2D eigenvalue weighted by atomic mass is 16.7. The molecule has 1 aromatic heterocycles. The Labute approximate surface area is 166 Å². The van der Waals surface area contributed by atoms with Crippen molar-refractivity contribution in [3.8, 4) is 22.8 Å². The van der Waals surface area contributed by atoms with Gasteiger partial charge < -0.3 is 14.0 Å². The van der Waals surface area contributed by atoms with Crippen molar-refractivity contribution in [3.63, 3.8) is 0 Å². The van der Waals surface area contributed by atoms with Gasteiger partial charge in [-0.15, -0.1) is 0 Å². The Hall–Kier alpha value is -2.63. The number of pyridine rings is 1. The summed E-state index contributed by atoms with van der Waals surface area (Å²) in [6.07, 6.45) is 1.76. The third-order valence-electron chi connectivity index (χ3n) is 5.45. The maximum atomic E-state index is 6.14. The molecule has 0 aliphatic carbocycles. The van der Waals surface area contributed by atoms with Crippen LogP contribution in [0.2, 0.25) is 0 Å². The van der Waals surface area contributed by atoms with Gasteiger partial charge in [-0.2, -0.15) is 0 Å². The van der Waals surface area contributed by atoms with Crippen LogP contribution in [0.15, 0.2) is 72.9 Å². The van der Waals surface area contributed by atoms with Crippen LogP contribution >= 0.6 is 0 Å². The molecule has 0 N–H and O–H groups in total. The lowest BCUT2D eigenvalue weighted by atomic mass is 9.79. The van der Waals surface area contributed by atoms with Crippen molar-refractivity contribution < 1.29 is 14.0 Å². The summed E-state index contributed by atoms with van der Waals surface area (Å²) in [4.78, 5) is 4.35. The predicted octanol–water partition coefficient (Wildman–Crippen LogP) is 4.84. The number of ether oxygens (including phenoxy) is 1. The van der Waals surface area contributed by atoms with E-state index < -0.39 is 7.12 Å². The lowest BCUT2D eigenvalue weighted by Gasteiger charge is -2.32. The second-order valence-corrected chi connectivity index (χ2v) is 8.01. The quantitative estimate of drug-likeness (QED) is 0.614. The Morgan fingerprint density at radius 3 is 2.21 bits per heavy atom. The van der Waals surface area contributed by atoms with Gasteiger partial charge in [0.15, 0.2) is 0 Å². The largest absolute Gasteiger partial charge is 0.494 e. The number of nitrogens with zero attached hydrogens (tertiary/aromatic N) is 1. The van der Waals surface area contributed by atoms with Crippen molar-refractivity contribution in [2.75, 3.05) is 0 Å². The van der Waals surface area contributed by atoms with E-state index in [0.717, 1.165) is 16.6 Å². The Kier molecular flexibility index (Phi) is 4.73. The zero-order valence-corrected chi connectivity index (χ0v) is 16.7. The third-order valence-corrected chi connectivity index (χ3v) is 5.45. The molecule has 5 heteroatoms. The topological polar surface area (TPSA) is 40.6 Å². The van der Waals surface area contributed by atoms with Crippen LogP contribution in [-0.4, -0.2) is 23.3 Å². The first-order valence-corrected chi connectivity index (χ1v) is 9.49. The standard InChI is InChI=1S/C23H24BNO3/c1-22(2)23(3,4)28-24(27-22)19-11-8-12-20(16-19)26-21-15-18(13-14-25-21)17-9-6-5-7-10-17/h5-16H,1-4H3. The van der Waals surface area contributed by atoms with E-state index in [9.17, 15) is 0 Å². The first kappa shape index (κ1) is 18.7. The van der Waals surface area contributed by atoms with Crippen LogP contribution in [0.25, 0.3) is 11.1 Å². The average molecular weight is 373 g/mol. The van der Waals surface area contributed by atoms with Gasteiger partial charge in [-0.25, -0.2) is 4.98 Å². The maximum Gasteiger partial charge on any atom is 0.494 e. The molecule has 1 aliphatic rings. The summed E-state index contributed by atoms with van der Waals surface area (Å²) >= 11 is 0. The monoisotopic (exact) mass is 373 g/mol. The lowest BCUT2D eigenvalue weighted by Crippen LogP contribution is -2.41. The summed E-state index contributed by atoms with van der Waals surface area (Å²) in [7, 11) is -0.419. The molecule has 0 spiro atoms. The van der Waals surface area contributed by atoms with Gasteiger partial charge in [0.1, 0.15) is 5.75 Å². The molecule has 4 nitrogen and oxygen atoms in total. The van der Waals surface area contributed by atoms with E-state index in [-0.39, 0.29) is 11.2 Å². The highest BCUT2D eigenvalue weighted by Gasteiger charge is 2.51. The van der Waals surface area contributed by atoms with Crippen molar-refractivity contribution in [1.29, 1.82) is 0 Å². The number of rotatable bonds is 4. The minimum Gasteiger partial charge on any atom is -0.439 e. The van der Waals surface area contributed by atoms with Gasteiger partial charge in [0.2, 0.25) is 5.88 Å². The van der Waals surface area contributed by atoms with Crippen molar-refractivity contribution >= 4 is 12.6 Å². The van der Waals surface area contributed by atoms with Crippen molar-refractivity contribution in [2.45, 2.75) is 38.9 Å². The minimum atomic E-state index is -0.419. The smallest absolute Gasteiger partial charge is 0.439 e. The predicted molar refractivity (Wildman–Crippen MR) is 112 cm³/mol. The van der Waals surface area contributed by atoms with Crippen molar-refractivity contribution in [2.24, 2.45) is 0 Å². The molecular weight excluding hydrogens is 349 g/mol. The van der Waals surface area contributed by atoms with Gasteiger partial charge in [0.05, 0.1) is 11.2 Å². The molecule has 0 saturated carbocycles. The van der Waals surface area contributed by atoms with E-state index >= 15 is 0 Å². The number of hydrogen-bond acceptors (Lipinski definition) is 4. The summed E-state index contributed by atoms with van der Waals surface area (Å²) in [5.41, 5.74) is 2.36. The molecule has 2 aromatic carbocycles. The lowest BCUT2D eigenvalue weighted by molar-refractivity contribution is 0.00578. The van der Waals surface area contributed by atoms with Crippen LogP contribution < -0.4 is 10.2 Å². The fraction of sp³-hybridized carbons (Fsp3) is 0.261. The van der Waals surface area contributed by atoms with Gasteiger partial charge in [0.25, 0.3) is 0 Å². The molecule has 1 aliphatic heterocycles. The van der Waals surface area contributed by atoms with Crippen molar-refractivity contribution in [1.82, 2.24) is 4.98 Å². The van der Waals surface area contributed by atoms with E-state index in [2.05, 4.69) is 17.1 Å². The summed E-state index contributed by atoms with van der Waals surface area (Å²) in [6.45, 7) is 8.19. The summed E-state index contributed by atoms with van der Waals surface area (Å²) in [5.74, 6) is 1.25. The molecule has 0 amide bonds. The average Bonchev–Trinajstić information content (AvgIpc) is 2.90. The van der Waals surface area contributed by atoms with E-state index in [0.29, 0.717) is 11.6 Å². The highest BCUT2D eigenvalue weighted by molar-refractivity contribution is 6.62. The molecule has 1 fully saturated rings. The van der Waals surface area contributed by atoms with Crippen LogP contribution in [-0.2, 0) is 9.31 Å². The molecule has 142 valence electrons. The second kappa shape index (κ2) is 7.08. The highest BCUT2D eigenvalue weighted by Crippen LogP contribution is 2.36. The molecule has 1 saturated heterocycles. The van der Waals surface area contributed by atoms with Gasteiger partial charge in [-0.05, 0) is 62.5 Å². The molecule has 0 bridgehead atoms.